The van der Waals surface area contributed by atoms with Gasteiger partial charge >= 0.3 is 0 Å². The Bertz CT molecular complexity index is 368. The van der Waals surface area contributed by atoms with Gasteiger partial charge in [-0.1, -0.05) is 39.8 Å². The van der Waals surface area contributed by atoms with Gasteiger partial charge in [-0.3, -0.25) is 0 Å². The number of nitrogens with one attached hydrogen (secondary N) is 1. The molecule has 0 radical (unpaired) electrons. The first-order valence-corrected chi connectivity index (χ1v) is 7.42. The summed E-state index contributed by atoms with van der Waals surface area (Å²) in [6.45, 7) is 12.9. The molecule has 1 rings (SSSR count). The van der Waals surface area contributed by atoms with Gasteiger partial charge in [-0.25, -0.2) is 0 Å². The summed E-state index contributed by atoms with van der Waals surface area (Å²) >= 11 is 0. The van der Waals surface area contributed by atoms with Crippen molar-refractivity contribution in [2.45, 2.75) is 53.5 Å². The Hall–Kier alpha value is -1.02. The van der Waals surface area contributed by atoms with Crippen molar-refractivity contribution in [3.63, 3.8) is 0 Å². The molecule has 0 amide bonds. The van der Waals surface area contributed by atoms with Crippen molar-refractivity contribution in [1.82, 2.24) is 5.32 Å². The van der Waals surface area contributed by atoms with Crippen molar-refractivity contribution in [3.05, 3.63) is 29.8 Å². The number of benzene rings is 1. The van der Waals surface area contributed by atoms with Gasteiger partial charge in [-0.05, 0) is 49.4 Å². The lowest BCUT2D eigenvalue weighted by Crippen LogP contribution is -2.40. The van der Waals surface area contributed by atoms with E-state index in [9.17, 15) is 0 Å². The molecule has 2 nitrogen and oxygen atoms in total. The van der Waals surface area contributed by atoms with Crippen LogP contribution in [0.15, 0.2) is 24.3 Å². The first-order chi connectivity index (χ1) is 8.97. The number of ether oxygens (including phenoxy) is 1. The lowest BCUT2D eigenvalue weighted by molar-refractivity contribution is 0.258. The fraction of sp³-hybridized carbons (Fsp3) is 0.647. The molecule has 0 saturated carbocycles. The standard InChI is InChI=1S/C17H29NO/c1-6-18-16(17(3,4)5)12-11-14-9-8-10-15(13-14)19-7-2/h8-10,13,16,18H,6-7,11-12H2,1-5H3. The van der Waals surface area contributed by atoms with Crippen LogP contribution in [0, 0.1) is 5.41 Å². The van der Waals surface area contributed by atoms with Crippen LogP contribution < -0.4 is 10.1 Å². The van der Waals surface area contributed by atoms with Gasteiger partial charge in [0.1, 0.15) is 5.75 Å². The number of hydrogen-bond donors (Lipinski definition) is 1. The minimum Gasteiger partial charge on any atom is -0.494 e. The van der Waals surface area contributed by atoms with Crippen LogP contribution in [0.2, 0.25) is 0 Å². The first-order valence-electron chi connectivity index (χ1n) is 7.42. The van der Waals surface area contributed by atoms with Crippen molar-refractivity contribution in [3.8, 4) is 5.75 Å². The number of aryl methyl sites for hydroxylation is 1. The monoisotopic (exact) mass is 263 g/mol. The van der Waals surface area contributed by atoms with Crippen LogP contribution in [0.1, 0.15) is 46.6 Å². The van der Waals surface area contributed by atoms with Crippen LogP contribution in [0.5, 0.6) is 5.75 Å². The van der Waals surface area contributed by atoms with E-state index < -0.39 is 0 Å². The van der Waals surface area contributed by atoms with Gasteiger partial charge in [-0.15, -0.1) is 0 Å². The summed E-state index contributed by atoms with van der Waals surface area (Å²) in [5.41, 5.74) is 1.66. The second-order valence-electron chi connectivity index (χ2n) is 6.10. The second-order valence-corrected chi connectivity index (χ2v) is 6.10. The zero-order valence-corrected chi connectivity index (χ0v) is 13.1. The Labute approximate surface area is 118 Å². The Morgan fingerprint density at radius 1 is 1.21 bits per heavy atom. The molecule has 0 aliphatic carbocycles. The highest BCUT2D eigenvalue weighted by Gasteiger charge is 2.23. The maximum atomic E-state index is 5.55. The molecule has 1 aromatic rings. The highest BCUT2D eigenvalue weighted by atomic mass is 16.5. The normalized spacial score (nSPS) is 13.3. The topological polar surface area (TPSA) is 21.3 Å². The molecule has 2 heteroatoms. The van der Waals surface area contributed by atoms with E-state index in [2.05, 4.69) is 51.2 Å². The van der Waals surface area contributed by atoms with Crippen LogP contribution >= 0.6 is 0 Å². The van der Waals surface area contributed by atoms with Gasteiger partial charge in [-0.2, -0.15) is 0 Å². The first kappa shape index (κ1) is 16.0. The Morgan fingerprint density at radius 3 is 2.53 bits per heavy atom. The maximum Gasteiger partial charge on any atom is 0.119 e. The smallest absolute Gasteiger partial charge is 0.119 e. The van der Waals surface area contributed by atoms with Gasteiger partial charge in [0.25, 0.3) is 0 Å². The molecule has 0 aromatic heterocycles. The molecule has 19 heavy (non-hydrogen) atoms. The summed E-state index contributed by atoms with van der Waals surface area (Å²) in [6, 6.07) is 9.01. The Kier molecular flexibility index (Phi) is 6.36. The molecule has 0 saturated heterocycles. The van der Waals surface area contributed by atoms with E-state index in [0.29, 0.717) is 11.5 Å². The van der Waals surface area contributed by atoms with Gasteiger partial charge < -0.3 is 10.1 Å². The van der Waals surface area contributed by atoms with Crippen LogP contribution in [0.4, 0.5) is 0 Å². The molecule has 0 heterocycles. The molecule has 1 N–H and O–H groups in total. The molecular weight excluding hydrogens is 234 g/mol. The average Bonchev–Trinajstić information content (AvgIpc) is 2.34. The van der Waals surface area contributed by atoms with Crippen molar-refractivity contribution >= 4 is 0 Å². The summed E-state index contributed by atoms with van der Waals surface area (Å²) in [5.74, 6) is 0.982. The maximum absolute atomic E-state index is 5.55. The summed E-state index contributed by atoms with van der Waals surface area (Å²) in [7, 11) is 0. The van der Waals surface area contributed by atoms with E-state index in [4.69, 9.17) is 4.74 Å². The fourth-order valence-electron chi connectivity index (χ4n) is 2.36. The van der Waals surface area contributed by atoms with E-state index in [1.807, 2.05) is 13.0 Å². The van der Waals surface area contributed by atoms with E-state index >= 15 is 0 Å². The van der Waals surface area contributed by atoms with Gasteiger partial charge in [0.05, 0.1) is 6.61 Å². The van der Waals surface area contributed by atoms with Gasteiger partial charge in [0, 0.05) is 6.04 Å². The molecule has 108 valence electrons. The van der Waals surface area contributed by atoms with Crippen molar-refractivity contribution in [1.29, 1.82) is 0 Å². The van der Waals surface area contributed by atoms with Crippen LogP contribution in [-0.2, 0) is 6.42 Å². The predicted octanol–water partition coefficient (Wildman–Crippen LogP) is 4.04. The lowest BCUT2D eigenvalue weighted by atomic mass is 9.83. The minimum absolute atomic E-state index is 0.299. The SMILES string of the molecule is CCNC(CCc1cccc(OCC)c1)C(C)(C)C. The summed E-state index contributed by atoms with van der Waals surface area (Å²) in [5, 5.41) is 3.60. The summed E-state index contributed by atoms with van der Waals surface area (Å²) < 4.78 is 5.55. The minimum atomic E-state index is 0.299. The molecule has 1 atom stereocenters. The lowest BCUT2D eigenvalue weighted by Gasteiger charge is -2.31. The third-order valence-corrected chi connectivity index (χ3v) is 3.43. The molecule has 0 aliphatic heterocycles. The summed E-state index contributed by atoms with van der Waals surface area (Å²) in [6.07, 6.45) is 2.25. The third-order valence-electron chi connectivity index (χ3n) is 3.43. The molecule has 1 aromatic carbocycles. The molecule has 0 bridgehead atoms. The van der Waals surface area contributed by atoms with E-state index in [1.165, 1.54) is 5.56 Å². The largest absolute Gasteiger partial charge is 0.494 e. The number of rotatable bonds is 7. The van der Waals surface area contributed by atoms with E-state index in [1.54, 1.807) is 0 Å². The van der Waals surface area contributed by atoms with Gasteiger partial charge in [0.15, 0.2) is 0 Å². The van der Waals surface area contributed by atoms with Crippen LogP contribution in [0.25, 0.3) is 0 Å². The van der Waals surface area contributed by atoms with Crippen molar-refractivity contribution in [2.24, 2.45) is 5.41 Å². The molecule has 0 fully saturated rings. The van der Waals surface area contributed by atoms with Crippen LogP contribution in [-0.4, -0.2) is 19.2 Å². The second kappa shape index (κ2) is 7.54. The van der Waals surface area contributed by atoms with Crippen molar-refractivity contribution < 1.29 is 4.74 Å². The van der Waals surface area contributed by atoms with E-state index in [-0.39, 0.29) is 0 Å². The highest BCUT2D eigenvalue weighted by Crippen LogP contribution is 2.24. The fourth-order valence-corrected chi connectivity index (χ4v) is 2.36. The van der Waals surface area contributed by atoms with Crippen molar-refractivity contribution in [2.75, 3.05) is 13.2 Å². The predicted molar refractivity (Wildman–Crippen MR) is 82.9 cm³/mol. The molecular formula is C17H29NO. The quantitative estimate of drug-likeness (QED) is 0.801. The number of hydrogen-bond acceptors (Lipinski definition) is 2. The molecule has 0 spiro atoms. The zero-order valence-electron chi connectivity index (χ0n) is 13.1. The molecule has 0 aliphatic rings. The molecule has 1 unspecified atom stereocenters. The average molecular weight is 263 g/mol. The Morgan fingerprint density at radius 2 is 1.95 bits per heavy atom. The highest BCUT2D eigenvalue weighted by molar-refractivity contribution is 5.28. The van der Waals surface area contributed by atoms with Gasteiger partial charge in [0.2, 0.25) is 0 Å². The van der Waals surface area contributed by atoms with Crippen LogP contribution in [0.3, 0.4) is 0 Å². The summed E-state index contributed by atoms with van der Waals surface area (Å²) in [4.78, 5) is 0. The zero-order chi connectivity index (χ0) is 14.3. The third kappa shape index (κ3) is 5.65. The Balaban J connectivity index is 2.61. The van der Waals surface area contributed by atoms with E-state index in [0.717, 1.165) is 31.7 Å².